The SMILES string of the molecule is CCNC(CCC1CCCC1)CCC(C)(C)C. The van der Waals surface area contributed by atoms with Gasteiger partial charge in [-0.25, -0.2) is 0 Å². The fourth-order valence-corrected chi connectivity index (χ4v) is 2.98. The van der Waals surface area contributed by atoms with Gasteiger partial charge in [-0.1, -0.05) is 53.4 Å². The van der Waals surface area contributed by atoms with E-state index in [1.807, 2.05) is 0 Å². The molecule has 0 aromatic carbocycles. The van der Waals surface area contributed by atoms with E-state index in [4.69, 9.17) is 0 Å². The molecule has 0 saturated heterocycles. The molecule has 0 aliphatic heterocycles. The van der Waals surface area contributed by atoms with Gasteiger partial charge >= 0.3 is 0 Å². The minimum absolute atomic E-state index is 0.487. The van der Waals surface area contributed by atoms with Gasteiger partial charge in [0.15, 0.2) is 0 Å². The van der Waals surface area contributed by atoms with Crippen molar-refractivity contribution in [3.63, 3.8) is 0 Å². The number of rotatable bonds is 7. The second-order valence-electron chi connectivity index (χ2n) is 7.08. The zero-order valence-electron chi connectivity index (χ0n) is 12.5. The van der Waals surface area contributed by atoms with Gasteiger partial charge in [0.2, 0.25) is 0 Å². The van der Waals surface area contributed by atoms with Crippen LogP contribution in [-0.4, -0.2) is 12.6 Å². The Morgan fingerprint density at radius 2 is 1.76 bits per heavy atom. The molecule has 1 N–H and O–H groups in total. The van der Waals surface area contributed by atoms with Gasteiger partial charge in [0, 0.05) is 6.04 Å². The lowest BCUT2D eigenvalue weighted by Crippen LogP contribution is -2.30. The first-order valence-corrected chi connectivity index (χ1v) is 7.74. The lowest BCUT2D eigenvalue weighted by molar-refractivity contribution is 0.312. The Kier molecular flexibility index (Phi) is 6.54. The van der Waals surface area contributed by atoms with Crippen LogP contribution >= 0.6 is 0 Å². The van der Waals surface area contributed by atoms with Crippen molar-refractivity contribution in [2.45, 2.75) is 85.1 Å². The Hall–Kier alpha value is -0.0400. The average Bonchev–Trinajstić information content (AvgIpc) is 2.74. The van der Waals surface area contributed by atoms with Crippen LogP contribution in [-0.2, 0) is 0 Å². The van der Waals surface area contributed by atoms with E-state index in [1.54, 1.807) is 0 Å². The van der Waals surface area contributed by atoms with Crippen molar-refractivity contribution in [1.82, 2.24) is 5.32 Å². The molecule has 0 radical (unpaired) electrons. The van der Waals surface area contributed by atoms with E-state index in [0.717, 1.165) is 18.5 Å². The number of hydrogen-bond donors (Lipinski definition) is 1. The maximum absolute atomic E-state index is 3.68. The maximum atomic E-state index is 3.68. The molecule has 1 fully saturated rings. The molecule has 1 heteroatoms. The molecule has 0 heterocycles. The van der Waals surface area contributed by atoms with E-state index in [2.05, 4.69) is 33.0 Å². The summed E-state index contributed by atoms with van der Waals surface area (Å²) in [4.78, 5) is 0. The first kappa shape index (κ1) is 15.0. The predicted octanol–water partition coefficient (Wildman–Crippen LogP) is 4.76. The molecule has 0 bridgehead atoms. The molecule has 0 aromatic rings. The molecule has 1 atom stereocenters. The third-order valence-electron chi connectivity index (χ3n) is 4.13. The van der Waals surface area contributed by atoms with Crippen LogP contribution in [0.25, 0.3) is 0 Å². The molecule has 1 rings (SSSR count). The molecule has 0 spiro atoms. The van der Waals surface area contributed by atoms with Gasteiger partial charge in [0.1, 0.15) is 0 Å². The first-order chi connectivity index (χ1) is 8.01. The predicted molar refractivity (Wildman–Crippen MR) is 77.3 cm³/mol. The largest absolute Gasteiger partial charge is 0.314 e. The van der Waals surface area contributed by atoms with E-state index in [-0.39, 0.29) is 0 Å². The summed E-state index contributed by atoms with van der Waals surface area (Å²) < 4.78 is 0. The van der Waals surface area contributed by atoms with Gasteiger partial charge < -0.3 is 5.32 Å². The summed E-state index contributed by atoms with van der Waals surface area (Å²) in [6.45, 7) is 10.4. The fourth-order valence-electron chi connectivity index (χ4n) is 2.98. The van der Waals surface area contributed by atoms with Crippen LogP contribution in [0.15, 0.2) is 0 Å². The summed E-state index contributed by atoms with van der Waals surface area (Å²) >= 11 is 0. The zero-order chi connectivity index (χ0) is 12.7. The van der Waals surface area contributed by atoms with E-state index in [9.17, 15) is 0 Å². The standard InChI is InChI=1S/C16H33N/c1-5-17-15(12-13-16(2,3)4)11-10-14-8-6-7-9-14/h14-15,17H,5-13H2,1-4H3. The van der Waals surface area contributed by atoms with Gasteiger partial charge in [-0.05, 0) is 43.6 Å². The van der Waals surface area contributed by atoms with E-state index in [0.29, 0.717) is 5.41 Å². The molecular weight excluding hydrogens is 206 g/mol. The summed E-state index contributed by atoms with van der Waals surface area (Å²) in [5.74, 6) is 1.05. The zero-order valence-corrected chi connectivity index (χ0v) is 12.5. The highest BCUT2D eigenvalue weighted by Gasteiger charge is 2.18. The topological polar surface area (TPSA) is 12.0 Å². The van der Waals surface area contributed by atoms with Crippen molar-refractivity contribution < 1.29 is 0 Å². The van der Waals surface area contributed by atoms with Crippen LogP contribution in [0.1, 0.15) is 79.1 Å². The minimum Gasteiger partial charge on any atom is -0.314 e. The van der Waals surface area contributed by atoms with Crippen LogP contribution < -0.4 is 5.32 Å². The lowest BCUT2D eigenvalue weighted by atomic mass is 9.87. The Morgan fingerprint density at radius 3 is 2.29 bits per heavy atom. The van der Waals surface area contributed by atoms with Crippen molar-refractivity contribution in [2.24, 2.45) is 11.3 Å². The van der Waals surface area contributed by atoms with Gasteiger partial charge in [-0.3, -0.25) is 0 Å². The molecule has 1 aliphatic rings. The van der Waals surface area contributed by atoms with Crippen LogP contribution in [0, 0.1) is 11.3 Å². The number of hydrogen-bond acceptors (Lipinski definition) is 1. The van der Waals surface area contributed by atoms with Crippen molar-refractivity contribution in [1.29, 1.82) is 0 Å². The van der Waals surface area contributed by atoms with Crippen molar-refractivity contribution in [3.8, 4) is 0 Å². The smallest absolute Gasteiger partial charge is 0.00672 e. The summed E-state index contributed by atoms with van der Waals surface area (Å²) in [6.07, 6.45) is 11.5. The number of nitrogens with one attached hydrogen (secondary N) is 1. The third-order valence-corrected chi connectivity index (χ3v) is 4.13. The Bertz CT molecular complexity index is 186. The van der Waals surface area contributed by atoms with Gasteiger partial charge in [0.05, 0.1) is 0 Å². The summed E-state index contributed by atoms with van der Waals surface area (Å²) in [7, 11) is 0. The molecule has 1 unspecified atom stereocenters. The Morgan fingerprint density at radius 1 is 1.12 bits per heavy atom. The minimum atomic E-state index is 0.487. The summed E-state index contributed by atoms with van der Waals surface area (Å²) in [5, 5.41) is 3.68. The van der Waals surface area contributed by atoms with Gasteiger partial charge in [-0.15, -0.1) is 0 Å². The third kappa shape index (κ3) is 7.08. The van der Waals surface area contributed by atoms with Gasteiger partial charge in [0.25, 0.3) is 0 Å². The van der Waals surface area contributed by atoms with Crippen LogP contribution in [0.5, 0.6) is 0 Å². The highest BCUT2D eigenvalue weighted by Crippen LogP contribution is 2.30. The molecule has 0 amide bonds. The summed E-state index contributed by atoms with van der Waals surface area (Å²) in [6, 6.07) is 0.764. The second kappa shape index (κ2) is 7.41. The Balaban J connectivity index is 2.21. The molecule has 17 heavy (non-hydrogen) atoms. The highest BCUT2D eigenvalue weighted by atomic mass is 14.9. The Labute approximate surface area is 109 Å². The van der Waals surface area contributed by atoms with Crippen molar-refractivity contribution >= 4 is 0 Å². The van der Waals surface area contributed by atoms with Crippen molar-refractivity contribution in [3.05, 3.63) is 0 Å². The lowest BCUT2D eigenvalue weighted by Gasteiger charge is -2.24. The monoisotopic (exact) mass is 239 g/mol. The molecular formula is C16H33N. The van der Waals surface area contributed by atoms with E-state index >= 15 is 0 Å². The molecule has 1 nitrogen and oxygen atoms in total. The van der Waals surface area contributed by atoms with Crippen molar-refractivity contribution in [2.75, 3.05) is 6.54 Å². The first-order valence-electron chi connectivity index (χ1n) is 7.74. The average molecular weight is 239 g/mol. The highest BCUT2D eigenvalue weighted by molar-refractivity contribution is 4.74. The quantitative estimate of drug-likeness (QED) is 0.675. The van der Waals surface area contributed by atoms with Crippen LogP contribution in [0.2, 0.25) is 0 Å². The van der Waals surface area contributed by atoms with Crippen LogP contribution in [0.3, 0.4) is 0 Å². The second-order valence-corrected chi connectivity index (χ2v) is 7.08. The van der Waals surface area contributed by atoms with E-state index in [1.165, 1.54) is 51.4 Å². The normalized spacial score (nSPS) is 19.8. The van der Waals surface area contributed by atoms with Crippen LogP contribution in [0.4, 0.5) is 0 Å². The fraction of sp³-hybridized carbons (Fsp3) is 1.00. The maximum Gasteiger partial charge on any atom is 0.00672 e. The van der Waals surface area contributed by atoms with E-state index < -0.39 is 0 Å². The van der Waals surface area contributed by atoms with Gasteiger partial charge in [-0.2, -0.15) is 0 Å². The molecule has 102 valence electrons. The molecule has 1 saturated carbocycles. The molecule has 0 aromatic heterocycles. The molecule has 1 aliphatic carbocycles. The summed E-state index contributed by atoms with van der Waals surface area (Å²) in [5.41, 5.74) is 0.487.